The lowest BCUT2D eigenvalue weighted by Gasteiger charge is -2.11. The van der Waals surface area contributed by atoms with Crippen LogP contribution in [0.25, 0.3) is 16.7 Å². The Kier molecular flexibility index (Phi) is 5.03. The van der Waals surface area contributed by atoms with Gasteiger partial charge >= 0.3 is 0 Å². The predicted molar refractivity (Wildman–Crippen MR) is 93.8 cm³/mol. The van der Waals surface area contributed by atoms with Gasteiger partial charge in [-0.25, -0.2) is 15.0 Å². The Bertz CT molecular complexity index is 998. The molecule has 0 atom stereocenters. The molecule has 0 bridgehead atoms. The van der Waals surface area contributed by atoms with Crippen LogP contribution in [-0.2, 0) is 4.79 Å². The van der Waals surface area contributed by atoms with E-state index in [0.29, 0.717) is 11.6 Å². The molecule has 3 aromatic heterocycles. The topological polar surface area (TPSA) is 131 Å². The van der Waals surface area contributed by atoms with Crippen LogP contribution in [0.1, 0.15) is 0 Å². The van der Waals surface area contributed by atoms with Gasteiger partial charge < -0.3 is 15.2 Å². The fraction of sp³-hybridized carbons (Fsp3) is 0.0625. The predicted octanol–water partition coefficient (Wildman–Crippen LogP) is 1.99. The smallest absolute Gasteiger partial charge is 0.290 e. The maximum Gasteiger partial charge on any atom is 0.290 e. The monoisotopic (exact) mass is 353 g/mol. The number of aromatic nitrogens is 6. The van der Waals surface area contributed by atoms with Crippen LogP contribution < -0.4 is 10.1 Å². The number of benzene rings is 1. The highest BCUT2D eigenvalue weighted by atomic mass is 16.5. The maximum absolute atomic E-state index is 8.36. The van der Waals surface area contributed by atoms with Crippen LogP contribution in [0.3, 0.4) is 0 Å². The molecular formula is C16H15N7O3. The van der Waals surface area contributed by atoms with Gasteiger partial charge in [-0.15, -0.1) is 0 Å². The number of methoxy groups -OCH3 is 1. The molecule has 0 radical (unpaired) electrons. The Morgan fingerprint density at radius 1 is 1.31 bits per heavy atom. The molecule has 0 aliphatic rings. The third kappa shape index (κ3) is 3.59. The number of imidazole rings is 1. The Labute approximate surface area is 147 Å². The molecule has 4 aromatic rings. The first-order valence-corrected chi connectivity index (χ1v) is 7.41. The number of carbonyl (C=O) groups is 1. The zero-order valence-corrected chi connectivity index (χ0v) is 13.7. The zero-order valence-electron chi connectivity index (χ0n) is 13.7. The first-order chi connectivity index (χ1) is 12.7. The highest BCUT2D eigenvalue weighted by Crippen LogP contribution is 2.31. The SMILES string of the molecule is COc1cc2[nH]ncc2cc1Nc1cc(-n2ccnc2)ncn1.O=CO. The largest absolute Gasteiger partial charge is 0.494 e. The van der Waals surface area contributed by atoms with Crippen LogP contribution in [0.5, 0.6) is 5.75 Å². The second kappa shape index (κ2) is 7.75. The molecule has 0 unspecified atom stereocenters. The van der Waals surface area contributed by atoms with Crippen molar-refractivity contribution in [3.05, 3.63) is 49.4 Å². The van der Waals surface area contributed by atoms with Gasteiger partial charge in [0.15, 0.2) is 0 Å². The van der Waals surface area contributed by atoms with Gasteiger partial charge in [-0.2, -0.15) is 5.10 Å². The summed E-state index contributed by atoms with van der Waals surface area (Å²) in [4.78, 5) is 20.9. The fourth-order valence-electron chi connectivity index (χ4n) is 2.33. The Morgan fingerprint density at radius 3 is 2.88 bits per heavy atom. The first kappa shape index (κ1) is 16.9. The van der Waals surface area contributed by atoms with Crippen molar-refractivity contribution in [1.29, 1.82) is 0 Å². The van der Waals surface area contributed by atoms with Gasteiger partial charge in [0.1, 0.15) is 30.0 Å². The van der Waals surface area contributed by atoms with E-state index in [1.807, 2.05) is 29.0 Å². The lowest BCUT2D eigenvalue weighted by molar-refractivity contribution is -0.122. The van der Waals surface area contributed by atoms with Gasteiger partial charge in [-0.05, 0) is 6.07 Å². The molecule has 0 spiro atoms. The fourth-order valence-corrected chi connectivity index (χ4v) is 2.33. The number of hydrogen-bond donors (Lipinski definition) is 3. The summed E-state index contributed by atoms with van der Waals surface area (Å²) in [6.45, 7) is -0.250. The van der Waals surface area contributed by atoms with E-state index in [1.165, 1.54) is 6.33 Å². The number of nitrogens with one attached hydrogen (secondary N) is 2. The van der Waals surface area contributed by atoms with E-state index in [4.69, 9.17) is 14.6 Å². The number of hydrogen-bond acceptors (Lipinski definition) is 7. The second-order valence-electron chi connectivity index (χ2n) is 4.97. The number of nitrogens with zero attached hydrogens (tertiary/aromatic N) is 5. The summed E-state index contributed by atoms with van der Waals surface area (Å²) in [5.41, 5.74) is 1.71. The number of ether oxygens (including phenoxy) is 1. The molecule has 0 amide bonds. The van der Waals surface area contributed by atoms with E-state index in [1.54, 1.807) is 25.8 Å². The van der Waals surface area contributed by atoms with Gasteiger partial charge in [-0.3, -0.25) is 14.5 Å². The second-order valence-corrected chi connectivity index (χ2v) is 4.97. The standard InChI is InChI=1S/C15H13N7O.CH2O2/c1-23-13-5-11-10(7-19-21-11)4-12(13)20-14-6-15(18-8-17-14)22-3-2-16-9-22;2-1-3/h2-9H,1H3,(H,19,21)(H,17,18,20);1H,(H,2,3). The van der Waals surface area contributed by atoms with Crippen LogP contribution in [-0.4, -0.2) is 48.4 Å². The Hall–Kier alpha value is -3.95. The van der Waals surface area contributed by atoms with E-state index in [-0.39, 0.29) is 6.47 Å². The molecule has 0 fully saturated rings. The molecule has 0 saturated heterocycles. The summed E-state index contributed by atoms with van der Waals surface area (Å²) in [5.74, 6) is 2.08. The lowest BCUT2D eigenvalue weighted by Crippen LogP contribution is -2.00. The van der Waals surface area contributed by atoms with E-state index >= 15 is 0 Å². The quantitative estimate of drug-likeness (QED) is 0.475. The van der Waals surface area contributed by atoms with Crippen LogP contribution in [0, 0.1) is 0 Å². The van der Waals surface area contributed by atoms with E-state index < -0.39 is 0 Å². The van der Waals surface area contributed by atoms with Crippen molar-refractivity contribution in [3.63, 3.8) is 0 Å². The molecule has 132 valence electrons. The molecule has 3 N–H and O–H groups in total. The number of carboxylic acid groups (broad SMARTS) is 1. The Morgan fingerprint density at radius 2 is 2.15 bits per heavy atom. The lowest BCUT2D eigenvalue weighted by atomic mass is 10.2. The minimum absolute atomic E-state index is 0.250. The molecule has 0 aliphatic heterocycles. The molecule has 0 saturated carbocycles. The van der Waals surface area contributed by atoms with Crippen LogP contribution in [0.15, 0.2) is 49.4 Å². The highest BCUT2D eigenvalue weighted by Gasteiger charge is 2.09. The normalized spacial score (nSPS) is 10.0. The third-order valence-electron chi connectivity index (χ3n) is 3.44. The molecule has 0 aliphatic carbocycles. The van der Waals surface area contributed by atoms with Crippen molar-refractivity contribution in [2.45, 2.75) is 0 Å². The van der Waals surface area contributed by atoms with E-state index in [0.717, 1.165) is 22.4 Å². The minimum atomic E-state index is -0.250. The summed E-state index contributed by atoms with van der Waals surface area (Å²) in [6, 6.07) is 5.68. The van der Waals surface area contributed by atoms with Crippen molar-refractivity contribution in [3.8, 4) is 11.6 Å². The summed E-state index contributed by atoms with van der Waals surface area (Å²) in [5, 5.41) is 18.1. The van der Waals surface area contributed by atoms with Crippen LogP contribution in [0.2, 0.25) is 0 Å². The van der Waals surface area contributed by atoms with Crippen molar-refractivity contribution >= 4 is 28.9 Å². The Balaban J connectivity index is 0.000000613. The molecule has 10 nitrogen and oxygen atoms in total. The van der Waals surface area contributed by atoms with Crippen molar-refractivity contribution in [1.82, 2.24) is 29.7 Å². The third-order valence-corrected chi connectivity index (χ3v) is 3.44. The van der Waals surface area contributed by atoms with Crippen molar-refractivity contribution in [2.75, 3.05) is 12.4 Å². The molecule has 1 aromatic carbocycles. The van der Waals surface area contributed by atoms with Crippen molar-refractivity contribution < 1.29 is 14.6 Å². The summed E-state index contributed by atoms with van der Waals surface area (Å²) < 4.78 is 7.24. The van der Waals surface area contributed by atoms with Gasteiger partial charge in [-0.1, -0.05) is 0 Å². The number of aromatic amines is 1. The van der Waals surface area contributed by atoms with Gasteiger partial charge in [0.05, 0.1) is 24.5 Å². The van der Waals surface area contributed by atoms with Gasteiger partial charge in [0, 0.05) is 29.9 Å². The van der Waals surface area contributed by atoms with Crippen molar-refractivity contribution in [2.24, 2.45) is 0 Å². The molecule has 10 heteroatoms. The molecule has 4 rings (SSSR count). The van der Waals surface area contributed by atoms with Crippen LogP contribution in [0.4, 0.5) is 11.5 Å². The highest BCUT2D eigenvalue weighted by molar-refractivity contribution is 5.86. The molecular weight excluding hydrogens is 338 g/mol. The van der Waals surface area contributed by atoms with E-state index in [2.05, 4.69) is 30.5 Å². The number of H-pyrrole nitrogens is 1. The number of rotatable bonds is 4. The average Bonchev–Trinajstić information content (AvgIpc) is 3.33. The number of fused-ring (bicyclic) bond motifs is 1. The summed E-state index contributed by atoms with van der Waals surface area (Å²) in [6.07, 6.45) is 8.47. The molecule has 3 heterocycles. The zero-order chi connectivity index (χ0) is 18.4. The number of anilines is 2. The van der Waals surface area contributed by atoms with Crippen LogP contribution >= 0.6 is 0 Å². The molecule has 26 heavy (non-hydrogen) atoms. The van der Waals surface area contributed by atoms with E-state index in [9.17, 15) is 0 Å². The summed E-state index contributed by atoms with van der Waals surface area (Å²) >= 11 is 0. The first-order valence-electron chi connectivity index (χ1n) is 7.41. The minimum Gasteiger partial charge on any atom is -0.494 e. The van der Waals surface area contributed by atoms with Gasteiger partial charge in [0.2, 0.25) is 0 Å². The average molecular weight is 353 g/mol. The summed E-state index contributed by atoms with van der Waals surface area (Å²) in [7, 11) is 1.62. The van der Waals surface area contributed by atoms with Gasteiger partial charge in [0.25, 0.3) is 6.47 Å². The maximum atomic E-state index is 8.36.